The standard InChI is InChI=1S/C19H22N4O4S2/c1-10(12-4-5-12)23-9-14-6-13(15-8-21-19(28-15)22-11(2)24)7-16(17(14)18(23)25)29(26,27)20-3/h6-8,10,12,20H,4-5,9H2,1-3H3,(H,21,22,24). The van der Waals surface area contributed by atoms with Crippen LogP contribution in [0.25, 0.3) is 10.4 Å². The van der Waals surface area contributed by atoms with Crippen molar-refractivity contribution >= 4 is 38.3 Å². The van der Waals surface area contributed by atoms with Gasteiger partial charge in [-0.05, 0) is 56.0 Å². The second kappa shape index (κ2) is 7.19. The summed E-state index contributed by atoms with van der Waals surface area (Å²) in [6, 6.07) is 3.45. The van der Waals surface area contributed by atoms with Crippen LogP contribution in [0.5, 0.6) is 0 Å². The molecule has 2 N–H and O–H groups in total. The van der Waals surface area contributed by atoms with Crippen molar-refractivity contribution in [2.45, 2.75) is 44.2 Å². The highest BCUT2D eigenvalue weighted by Crippen LogP contribution is 2.41. The van der Waals surface area contributed by atoms with Gasteiger partial charge in [-0.25, -0.2) is 18.1 Å². The van der Waals surface area contributed by atoms with Crippen molar-refractivity contribution in [2.24, 2.45) is 5.92 Å². The molecule has 1 saturated carbocycles. The molecule has 2 aliphatic rings. The lowest BCUT2D eigenvalue weighted by atomic mass is 10.1. The number of thiazole rings is 1. The minimum atomic E-state index is -3.84. The Labute approximate surface area is 173 Å². The second-order valence-corrected chi connectivity index (χ2v) is 10.3. The molecule has 0 bridgehead atoms. The van der Waals surface area contributed by atoms with Crippen molar-refractivity contribution < 1.29 is 18.0 Å². The molecule has 1 aromatic carbocycles. The van der Waals surface area contributed by atoms with Crippen LogP contribution in [0.2, 0.25) is 0 Å². The maximum absolute atomic E-state index is 13.1. The van der Waals surface area contributed by atoms with Gasteiger partial charge in [0.05, 0.1) is 15.3 Å². The number of nitrogens with one attached hydrogen (secondary N) is 2. The van der Waals surface area contributed by atoms with Gasteiger partial charge in [0.25, 0.3) is 5.91 Å². The number of nitrogens with zero attached hydrogens (tertiary/aromatic N) is 2. The van der Waals surface area contributed by atoms with E-state index in [0.29, 0.717) is 33.6 Å². The molecule has 4 rings (SSSR count). The molecule has 0 spiro atoms. The number of benzene rings is 1. The zero-order chi connectivity index (χ0) is 20.9. The van der Waals surface area contributed by atoms with Crippen molar-refractivity contribution in [2.75, 3.05) is 12.4 Å². The normalized spacial score (nSPS) is 17.3. The zero-order valence-electron chi connectivity index (χ0n) is 16.4. The molecule has 1 atom stereocenters. The summed E-state index contributed by atoms with van der Waals surface area (Å²) in [7, 11) is -2.50. The summed E-state index contributed by atoms with van der Waals surface area (Å²) in [4.78, 5) is 31.0. The van der Waals surface area contributed by atoms with E-state index < -0.39 is 10.0 Å². The third kappa shape index (κ3) is 3.67. The summed E-state index contributed by atoms with van der Waals surface area (Å²) in [5, 5.41) is 3.06. The molecular weight excluding hydrogens is 412 g/mol. The van der Waals surface area contributed by atoms with Crippen LogP contribution < -0.4 is 10.0 Å². The number of rotatable bonds is 6. The van der Waals surface area contributed by atoms with E-state index in [1.54, 1.807) is 11.1 Å². The van der Waals surface area contributed by atoms with Crippen LogP contribution in [0.1, 0.15) is 42.6 Å². The van der Waals surface area contributed by atoms with Gasteiger partial charge >= 0.3 is 0 Å². The van der Waals surface area contributed by atoms with Gasteiger partial charge < -0.3 is 10.2 Å². The molecule has 1 unspecified atom stereocenters. The summed E-state index contributed by atoms with van der Waals surface area (Å²) in [6.07, 6.45) is 3.79. The van der Waals surface area contributed by atoms with Gasteiger partial charge in [0, 0.05) is 25.7 Å². The number of fused-ring (bicyclic) bond motifs is 1. The minimum absolute atomic E-state index is 0.0162. The maximum Gasteiger partial charge on any atom is 0.256 e. The lowest BCUT2D eigenvalue weighted by Crippen LogP contribution is -2.35. The Morgan fingerprint density at radius 3 is 2.69 bits per heavy atom. The number of anilines is 1. The van der Waals surface area contributed by atoms with Crippen LogP contribution in [-0.4, -0.2) is 43.2 Å². The largest absolute Gasteiger partial charge is 0.331 e. The summed E-state index contributed by atoms with van der Waals surface area (Å²) < 4.78 is 27.8. The predicted octanol–water partition coefficient (Wildman–Crippen LogP) is 2.43. The summed E-state index contributed by atoms with van der Waals surface area (Å²) in [5.74, 6) is 0.0235. The van der Waals surface area contributed by atoms with Gasteiger partial charge in [-0.3, -0.25) is 9.59 Å². The molecule has 2 amide bonds. The fraction of sp³-hybridized carbons (Fsp3) is 0.421. The van der Waals surface area contributed by atoms with Crippen LogP contribution >= 0.6 is 11.3 Å². The Morgan fingerprint density at radius 1 is 1.34 bits per heavy atom. The molecule has 8 nitrogen and oxygen atoms in total. The van der Waals surface area contributed by atoms with Gasteiger partial charge in [-0.15, -0.1) is 0 Å². The topological polar surface area (TPSA) is 108 Å². The molecule has 2 heterocycles. The highest BCUT2D eigenvalue weighted by molar-refractivity contribution is 7.89. The number of sulfonamides is 1. The van der Waals surface area contributed by atoms with Gasteiger partial charge in [-0.1, -0.05) is 11.3 Å². The molecule has 0 saturated heterocycles. The van der Waals surface area contributed by atoms with E-state index in [9.17, 15) is 18.0 Å². The van der Waals surface area contributed by atoms with Crippen LogP contribution in [0.15, 0.2) is 23.2 Å². The Balaban J connectivity index is 1.80. The number of carbonyl (C=O) groups is 2. The molecule has 1 aromatic heterocycles. The van der Waals surface area contributed by atoms with Crippen molar-refractivity contribution in [3.05, 3.63) is 29.5 Å². The smallest absolute Gasteiger partial charge is 0.256 e. The first kappa shape index (κ1) is 20.0. The van der Waals surface area contributed by atoms with Crippen LogP contribution in [0, 0.1) is 5.92 Å². The van der Waals surface area contributed by atoms with Gasteiger partial charge in [0.15, 0.2) is 5.13 Å². The van der Waals surface area contributed by atoms with E-state index >= 15 is 0 Å². The summed E-state index contributed by atoms with van der Waals surface area (Å²) in [6.45, 7) is 3.82. The number of hydrogen-bond acceptors (Lipinski definition) is 6. The first-order chi connectivity index (χ1) is 13.7. The van der Waals surface area contributed by atoms with Crippen LogP contribution in [0.3, 0.4) is 0 Å². The average Bonchev–Trinajstić information content (AvgIpc) is 3.34. The summed E-state index contributed by atoms with van der Waals surface area (Å²) in [5.41, 5.74) is 1.60. The number of aromatic nitrogens is 1. The lowest BCUT2D eigenvalue weighted by molar-refractivity contribution is -0.114. The molecule has 1 fully saturated rings. The average molecular weight is 435 g/mol. The predicted molar refractivity (Wildman–Crippen MR) is 110 cm³/mol. The molecule has 2 aromatic rings. The number of amides is 2. The first-order valence-electron chi connectivity index (χ1n) is 9.36. The van der Waals surface area contributed by atoms with Crippen molar-refractivity contribution in [3.63, 3.8) is 0 Å². The van der Waals surface area contributed by atoms with E-state index in [1.165, 1.54) is 31.4 Å². The highest BCUT2D eigenvalue weighted by Gasteiger charge is 2.41. The lowest BCUT2D eigenvalue weighted by Gasteiger charge is -2.24. The van der Waals surface area contributed by atoms with E-state index in [2.05, 4.69) is 15.0 Å². The fourth-order valence-corrected chi connectivity index (χ4v) is 5.52. The van der Waals surface area contributed by atoms with Crippen LogP contribution in [0.4, 0.5) is 5.13 Å². The SMILES string of the molecule is CNS(=O)(=O)c1cc(-c2cnc(NC(C)=O)s2)cc2c1C(=O)N(C(C)C1CC1)C2. The molecule has 154 valence electrons. The number of hydrogen-bond donors (Lipinski definition) is 2. The van der Waals surface area contributed by atoms with Gasteiger partial charge in [-0.2, -0.15) is 0 Å². The third-order valence-corrected chi connectivity index (χ3v) is 7.83. The van der Waals surface area contributed by atoms with E-state index in [1.807, 2.05) is 13.0 Å². The molecule has 1 aliphatic heterocycles. The Hall–Kier alpha value is -2.30. The van der Waals surface area contributed by atoms with E-state index in [0.717, 1.165) is 12.8 Å². The quantitative estimate of drug-likeness (QED) is 0.726. The maximum atomic E-state index is 13.1. The molecule has 10 heteroatoms. The molecule has 0 radical (unpaired) electrons. The van der Waals surface area contributed by atoms with Gasteiger partial charge in [0.1, 0.15) is 0 Å². The third-order valence-electron chi connectivity index (χ3n) is 5.43. The molecule has 1 aliphatic carbocycles. The Morgan fingerprint density at radius 2 is 2.07 bits per heavy atom. The summed E-state index contributed by atoms with van der Waals surface area (Å²) >= 11 is 1.25. The molecular formula is C19H22N4O4S2. The van der Waals surface area contributed by atoms with Crippen molar-refractivity contribution in [1.29, 1.82) is 0 Å². The first-order valence-corrected chi connectivity index (χ1v) is 11.7. The Bertz CT molecular complexity index is 1110. The van der Waals surface area contributed by atoms with E-state index in [4.69, 9.17) is 0 Å². The van der Waals surface area contributed by atoms with Gasteiger partial charge in [0.2, 0.25) is 15.9 Å². The highest BCUT2D eigenvalue weighted by atomic mass is 32.2. The second-order valence-electron chi connectivity index (χ2n) is 7.44. The molecule has 29 heavy (non-hydrogen) atoms. The Kier molecular flexibility index (Phi) is 4.96. The van der Waals surface area contributed by atoms with Crippen molar-refractivity contribution in [1.82, 2.24) is 14.6 Å². The zero-order valence-corrected chi connectivity index (χ0v) is 18.0. The fourth-order valence-electron chi connectivity index (χ4n) is 3.68. The minimum Gasteiger partial charge on any atom is -0.331 e. The monoisotopic (exact) mass is 434 g/mol. The van der Waals surface area contributed by atoms with Crippen molar-refractivity contribution in [3.8, 4) is 10.4 Å². The van der Waals surface area contributed by atoms with E-state index in [-0.39, 0.29) is 28.3 Å². The number of carbonyl (C=O) groups excluding carboxylic acids is 2. The van der Waals surface area contributed by atoms with Crippen LogP contribution in [-0.2, 0) is 21.4 Å².